The maximum Gasteiger partial charge on any atom is 0.338 e. The average molecular weight is 535 g/mol. The van der Waals surface area contributed by atoms with Gasteiger partial charge in [-0.05, 0) is 82.3 Å². The topological polar surface area (TPSA) is 41.6 Å². The summed E-state index contributed by atoms with van der Waals surface area (Å²) in [5, 5.41) is 3.54. The highest BCUT2D eigenvalue weighted by Gasteiger charge is 2.42. The monoisotopic (exact) mass is 534 g/mol. The number of likely N-dealkylation sites (tertiary alicyclic amines) is 1. The largest absolute Gasteiger partial charge is 0.456 e. The van der Waals surface area contributed by atoms with Gasteiger partial charge in [-0.1, -0.05) is 42.0 Å². The maximum atomic E-state index is 15.6. The Morgan fingerprint density at radius 3 is 2.39 bits per heavy atom. The lowest BCUT2D eigenvalue weighted by atomic mass is 9.93. The normalized spacial score (nSPS) is 21.3. The fourth-order valence-corrected chi connectivity index (χ4v) is 6.30. The number of hydrogen-bond donors (Lipinski definition) is 1. The van der Waals surface area contributed by atoms with E-state index in [9.17, 15) is 4.79 Å². The Labute approximate surface area is 230 Å². The number of alkyl halides is 1. The second kappa shape index (κ2) is 10.9. The lowest BCUT2D eigenvalue weighted by molar-refractivity contribution is 0.00693. The number of hydrogen-bond acceptors (Lipinski definition) is 5. The Bertz CT molecular complexity index is 1240. The fourth-order valence-electron chi connectivity index (χ4n) is 5.10. The van der Waals surface area contributed by atoms with Crippen LogP contribution in [0, 0.1) is 6.92 Å². The molecule has 1 saturated heterocycles. The van der Waals surface area contributed by atoms with Crippen molar-refractivity contribution in [2.75, 3.05) is 19.6 Å². The van der Waals surface area contributed by atoms with Crippen molar-refractivity contribution in [3.8, 4) is 10.4 Å². The summed E-state index contributed by atoms with van der Waals surface area (Å²) in [5.41, 5.74) is 2.58. The van der Waals surface area contributed by atoms with Crippen LogP contribution in [-0.4, -0.2) is 47.8 Å². The van der Waals surface area contributed by atoms with Crippen molar-refractivity contribution in [3.63, 3.8) is 0 Å². The van der Waals surface area contributed by atoms with Crippen molar-refractivity contribution >= 4 is 17.3 Å². The number of halogens is 1. The molecule has 38 heavy (non-hydrogen) atoms. The molecule has 2 atom stereocenters. The minimum atomic E-state index is -1.15. The number of thiophene rings is 1. The van der Waals surface area contributed by atoms with E-state index in [4.69, 9.17) is 4.74 Å². The number of rotatable bonds is 8. The van der Waals surface area contributed by atoms with Crippen LogP contribution in [0.25, 0.3) is 10.4 Å². The lowest BCUT2D eigenvalue weighted by Gasteiger charge is -2.36. The summed E-state index contributed by atoms with van der Waals surface area (Å²) in [4.78, 5) is 17.2. The van der Waals surface area contributed by atoms with Gasteiger partial charge in [0.1, 0.15) is 11.3 Å². The third-order valence-electron chi connectivity index (χ3n) is 7.55. The molecular formula is C32H39FN2O2S. The van der Waals surface area contributed by atoms with Gasteiger partial charge < -0.3 is 10.1 Å². The molecule has 0 bridgehead atoms. The van der Waals surface area contributed by atoms with E-state index < -0.39 is 11.3 Å². The van der Waals surface area contributed by atoms with Crippen LogP contribution >= 0.6 is 11.3 Å². The zero-order valence-corrected chi connectivity index (χ0v) is 23.7. The highest BCUT2D eigenvalue weighted by Crippen LogP contribution is 2.46. The molecule has 0 spiro atoms. The van der Waals surface area contributed by atoms with Gasteiger partial charge in [-0.25, -0.2) is 9.18 Å². The first-order valence-electron chi connectivity index (χ1n) is 13.7. The van der Waals surface area contributed by atoms with Crippen LogP contribution in [0.1, 0.15) is 72.3 Å². The van der Waals surface area contributed by atoms with Crippen molar-refractivity contribution < 1.29 is 13.9 Å². The number of aryl methyl sites for hydroxylation is 1. The van der Waals surface area contributed by atoms with Crippen LogP contribution < -0.4 is 5.32 Å². The number of carbonyl (C=O) groups is 1. The Kier molecular flexibility index (Phi) is 7.77. The van der Waals surface area contributed by atoms with Gasteiger partial charge in [0.2, 0.25) is 0 Å². The first-order valence-corrected chi connectivity index (χ1v) is 14.5. The van der Waals surface area contributed by atoms with Crippen LogP contribution in [-0.2, 0) is 11.3 Å². The molecule has 5 rings (SSSR count). The molecule has 2 aliphatic rings. The maximum absolute atomic E-state index is 15.6. The summed E-state index contributed by atoms with van der Waals surface area (Å²) in [6.07, 6.45) is 2.18. The van der Waals surface area contributed by atoms with E-state index in [1.165, 1.54) is 20.9 Å². The summed E-state index contributed by atoms with van der Waals surface area (Å²) in [6, 6.07) is 21.1. The molecule has 4 nitrogen and oxygen atoms in total. The number of piperidine rings is 1. The molecule has 1 aromatic heterocycles. The standard InChI is InChI=1S/C32H39FN2O2S/c1-22-5-9-24(10-6-22)28-13-14-29(38-28)26-19-27(26)34-21-32(33)15-17-35(18-16-32)20-23-7-11-25(12-8-23)30(36)37-31(2,3)4/h5-14,26-27,34H,15-21H2,1-4H3. The molecule has 1 aliphatic heterocycles. The van der Waals surface area contributed by atoms with Gasteiger partial charge in [0, 0.05) is 47.9 Å². The SMILES string of the molecule is Cc1ccc(-c2ccc(C3CC3NCC3(F)CCN(Cc4ccc(C(=O)OC(C)(C)C)cc4)CC3)s2)cc1. The van der Waals surface area contributed by atoms with E-state index in [-0.39, 0.29) is 5.97 Å². The third-order valence-corrected chi connectivity index (χ3v) is 8.81. The van der Waals surface area contributed by atoms with Crippen LogP contribution in [0.4, 0.5) is 4.39 Å². The smallest absolute Gasteiger partial charge is 0.338 e. The summed E-state index contributed by atoms with van der Waals surface area (Å²) < 4.78 is 21.0. The second-order valence-corrected chi connectivity index (χ2v) is 13.1. The summed E-state index contributed by atoms with van der Waals surface area (Å²) >= 11 is 1.87. The van der Waals surface area contributed by atoms with Gasteiger partial charge >= 0.3 is 5.97 Å². The minimum absolute atomic E-state index is 0.305. The number of esters is 1. The first kappa shape index (κ1) is 27.0. The van der Waals surface area contributed by atoms with E-state index in [1.54, 1.807) is 0 Å². The minimum Gasteiger partial charge on any atom is -0.456 e. The Morgan fingerprint density at radius 1 is 1.05 bits per heavy atom. The average Bonchev–Trinajstić information content (AvgIpc) is 3.49. The van der Waals surface area contributed by atoms with Crippen LogP contribution in [0.5, 0.6) is 0 Å². The zero-order chi connectivity index (χ0) is 26.9. The number of nitrogens with zero attached hydrogens (tertiary/aromatic N) is 1. The number of benzene rings is 2. The highest BCUT2D eigenvalue weighted by atomic mass is 32.1. The van der Waals surface area contributed by atoms with Gasteiger partial charge in [-0.2, -0.15) is 0 Å². The van der Waals surface area contributed by atoms with Gasteiger partial charge in [-0.3, -0.25) is 4.90 Å². The molecule has 2 heterocycles. The molecule has 2 aromatic carbocycles. The van der Waals surface area contributed by atoms with E-state index in [0.29, 0.717) is 36.9 Å². The van der Waals surface area contributed by atoms with Crippen molar-refractivity contribution in [2.24, 2.45) is 0 Å². The second-order valence-electron chi connectivity index (χ2n) is 12.0. The predicted octanol–water partition coefficient (Wildman–Crippen LogP) is 7.13. The summed E-state index contributed by atoms with van der Waals surface area (Å²) in [7, 11) is 0. The molecule has 2 unspecified atom stereocenters. The third kappa shape index (κ3) is 6.90. The number of nitrogens with one attached hydrogen (secondary N) is 1. The van der Waals surface area contributed by atoms with Gasteiger partial charge in [0.15, 0.2) is 0 Å². The van der Waals surface area contributed by atoms with Crippen LogP contribution in [0.15, 0.2) is 60.7 Å². The van der Waals surface area contributed by atoms with Gasteiger partial charge in [-0.15, -0.1) is 11.3 Å². The van der Waals surface area contributed by atoms with E-state index in [2.05, 4.69) is 53.5 Å². The van der Waals surface area contributed by atoms with Crippen molar-refractivity contribution in [3.05, 3.63) is 82.2 Å². The van der Waals surface area contributed by atoms with Crippen molar-refractivity contribution in [1.82, 2.24) is 10.2 Å². The van der Waals surface area contributed by atoms with E-state index in [0.717, 1.165) is 31.6 Å². The Balaban J connectivity index is 1.05. The Morgan fingerprint density at radius 2 is 1.74 bits per heavy atom. The molecule has 3 aromatic rings. The van der Waals surface area contributed by atoms with Crippen molar-refractivity contribution in [1.29, 1.82) is 0 Å². The summed E-state index contributed by atoms with van der Waals surface area (Å²) in [6.45, 7) is 10.4. The van der Waals surface area contributed by atoms with E-state index >= 15 is 4.39 Å². The van der Waals surface area contributed by atoms with Crippen LogP contribution in [0.3, 0.4) is 0 Å². The molecule has 1 aliphatic carbocycles. The van der Waals surface area contributed by atoms with Gasteiger partial charge in [0.25, 0.3) is 0 Å². The van der Waals surface area contributed by atoms with Gasteiger partial charge in [0.05, 0.1) is 5.56 Å². The Hall–Kier alpha value is -2.54. The molecule has 1 saturated carbocycles. The first-order chi connectivity index (χ1) is 18.1. The molecular weight excluding hydrogens is 495 g/mol. The molecule has 0 amide bonds. The number of ether oxygens (including phenoxy) is 1. The molecule has 0 radical (unpaired) electrons. The quantitative estimate of drug-likeness (QED) is 0.312. The molecule has 1 N–H and O–H groups in total. The number of carbonyl (C=O) groups excluding carboxylic acids is 1. The predicted molar refractivity (Wildman–Crippen MR) is 154 cm³/mol. The fraction of sp³-hybridized carbons (Fsp3) is 0.469. The molecule has 202 valence electrons. The zero-order valence-electron chi connectivity index (χ0n) is 22.9. The van der Waals surface area contributed by atoms with Crippen molar-refractivity contribution in [2.45, 2.75) is 76.7 Å². The summed E-state index contributed by atoms with van der Waals surface area (Å²) in [5.74, 6) is 0.201. The lowest BCUT2D eigenvalue weighted by Crippen LogP contribution is -2.47. The highest BCUT2D eigenvalue weighted by molar-refractivity contribution is 7.15. The van der Waals surface area contributed by atoms with E-state index in [1.807, 2.05) is 56.4 Å². The van der Waals surface area contributed by atoms with Crippen LogP contribution in [0.2, 0.25) is 0 Å². The molecule has 2 fully saturated rings. The molecule has 6 heteroatoms.